The molecular formula is C14H17ClN2O2S2. The standard InChI is InChI=1S/C14H17ClN2O2S2/c1-10(8-12-4-3-7-20-12)17(2)21(18,19)14-6-5-11(15)9-13(14)16/h3-7,9-10H,8,16H2,1-2H3. The Morgan fingerprint density at radius 3 is 2.67 bits per heavy atom. The van der Waals surface area contributed by atoms with E-state index in [0.29, 0.717) is 11.4 Å². The molecule has 2 rings (SSSR count). The van der Waals surface area contributed by atoms with Gasteiger partial charge in [-0.1, -0.05) is 17.7 Å². The first-order chi connectivity index (χ1) is 9.82. The summed E-state index contributed by atoms with van der Waals surface area (Å²) in [5.74, 6) is 0. The van der Waals surface area contributed by atoms with E-state index in [1.54, 1.807) is 18.4 Å². The lowest BCUT2D eigenvalue weighted by atomic mass is 10.2. The molecule has 1 heterocycles. The maximum absolute atomic E-state index is 12.6. The molecule has 0 amide bonds. The number of rotatable bonds is 5. The number of hydrogen-bond donors (Lipinski definition) is 1. The summed E-state index contributed by atoms with van der Waals surface area (Å²) < 4.78 is 26.6. The van der Waals surface area contributed by atoms with Gasteiger partial charge < -0.3 is 5.73 Å². The second-order valence-corrected chi connectivity index (χ2v) is 8.27. The Balaban J connectivity index is 2.25. The minimum Gasteiger partial charge on any atom is -0.398 e. The minimum absolute atomic E-state index is 0.0902. The number of anilines is 1. The largest absolute Gasteiger partial charge is 0.398 e. The van der Waals surface area contributed by atoms with Crippen molar-refractivity contribution in [3.63, 3.8) is 0 Å². The molecule has 4 nitrogen and oxygen atoms in total. The molecule has 2 N–H and O–H groups in total. The lowest BCUT2D eigenvalue weighted by molar-refractivity contribution is 0.388. The van der Waals surface area contributed by atoms with Crippen LogP contribution in [0.2, 0.25) is 5.02 Å². The Morgan fingerprint density at radius 2 is 2.10 bits per heavy atom. The molecule has 0 aliphatic rings. The Bertz CT molecular complexity index is 715. The topological polar surface area (TPSA) is 63.4 Å². The van der Waals surface area contributed by atoms with Gasteiger partial charge in [-0.2, -0.15) is 4.31 Å². The molecule has 0 aliphatic carbocycles. The first-order valence-electron chi connectivity index (χ1n) is 6.38. The van der Waals surface area contributed by atoms with Crippen LogP contribution in [0.4, 0.5) is 5.69 Å². The number of sulfonamides is 1. The van der Waals surface area contributed by atoms with Gasteiger partial charge in [-0.3, -0.25) is 0 Å². The number of thiophene rings is 1. The zero-order valence-electron chi connectivity index (χ0n) is 11.8. The number of benzene rings is 1. The molecule has 7 heteroatoms. The molecule has 1 aromatic heterocycles. The highest BCUT2D eigenvalue weighted by molar-refractivity contribution is 7.89. The van der Waals surface area contributed by atoms with Crippen LogP contribution >= 0.6 is 22.9 Å². The van der Waals surface area contributed by atoms with Gasteiger partial charge in [0, 0.05) is 23.0 Å². The second-order valence-electron chi connectivity index (χ2n) is 4.84. The number of halogens is 1. The zero-order valence-corrected chi connectivity index (χ0v) is 14.2. The molecular weight excluding hydrogens is 328 g/mol. The molecule has 114 valence electrons. The highest BCUT2D eigenvalue weighted by Crippen LogP contribution is 2.26. The van der Waals surface area contributed by atoms with Crippen LogP contribution in [0.1, 0.15) is 11.8 Å². The van der Waals surface area contributed by atoms with E-state index in [1.165, 1.54) is 22.5 Å². The lowest BCUT2D eigenvalue weighted by Crippen LogP contribution is -2.36. The van der Waals surface area contributed by atoms with Gasteiger partial charge in [-0.15, -0.1) is 11.3 Å². The molecule has 1 aromatic carbocycles. The third kappa shape index (κ3) is 3.58. The molecule has 21 heavy (non-hydrogen) atoms. The molecule has 0 fully saturated rings. The van der Waals surface area contributed by atoms with E-state index in [1.807, 2.05) is 24.4 Å². The van der Waals surface area contributed by atoms with Gasteiger partial charge in [-0.25, -0.2) is 8.42 Å². The van der Waals surface area contributed by atoms with Crippen LogP contribution < -0.4 is 5.73 Å². The van der Waals surface area contributed by atoms with Crippen LogP contribution in [-0.4, -0.2) is 25.8 Å². The molecule has 0 radical (unpaired) electrons. The Hall–Kier alpha value is -1.08. The third-order valence-electron chi connectivity index (χ3n) is 3.33. The van der Waals surface area contributed by atoms with E-state index in [0.717, 1.165) is 4.88 Å². The summed E-state index contributed by atoms with van der Waals surface area (Å²) in [6, 6.07) is 8.22. The van der Waals surface area contributed by atoms with Crippen LogP contribution in [0, 0.1) is 0 Å². The Labute approximate surface area is 134 Å². The van der Waals surface area contributed by atoms with Crippen molar-refractivity contribution in [1.82, 2.24) is 4.31 Å². The predicted octanol–water partition coefficient (Wildman–Crippen LogP) is 3.24. The number of likely N-dealkylation sites (N-methyl/N-ethyl adjacent to an activating group) is 1. The Kier molecular flexibility index (Phi) is 4.93. The van der Waals surface area contributed by atoms with Crippen molar-refractivity contribution in [2.45, 2.75) is 24.3 Å². The van der Waals surface area contributed by atoms with Crippen LogP contribution in [0.5, 0.6) is 0 Å². The quantitative estimate of drug-likeness (QED) is 0.847. The van der Waals surface area contributed by atoms with Gasteiger partial charge in [0.05, 0.1) is 5.69 Å². The summed E-state index contributed by atoms with van der Waals surface area (Å²) in [5, 5.41) is 2.40. The summed E-state index contributed by atoms with van der Waals surface area (Å²) in [5.41, 5.74) is 5.96. The smallest absolute Gasteiger partial charge is 0.245 e. The van der Waals surface area contributed by atoms with Gasteiger partial charge in [0.15, 0.2) is 0 Å². The summed E-state index contributed by atoms with van der Waals surface area (Å²) in [6.07, 6.45) is 0.668. The first kappa shape index (κ1) is 16.3. The average molecular weight is 345 g/mol. The van der Waals surface area contributed by atoms with Crippen molar-refractivity contribution < 1.29 is 8.42 Å². The van der Waals surface area contributed by atoms with E-state index in [9.17, 15) is 8.42 Å². The fourth-order valence-electron chi connectivity index (χ4n) is 1.99. The van der Waals surface area contributed by atoms with E-state index in [4.69, 9.17) is 17.3 Å². The highest BCUT2D eigenvalue weighted by Gasteiger charge is 2.27. The van der Waals surface area contributed by atoms with Crippen molar-refractivity contribution >= 4 is 38.6 Å². The van der Waals surface area contributed by atoms with Crippen LogP contribution in [0.3, 0.4) is 0 Å². The lowest BCUT2D eigenvalue weighted by Gasteiger charge is -2.24. The zero-order chi connectivity index (χ0) is 15.6. The van der Waals surface area contributed by atoms with Crippen molar-refractivity contribution in [3.8, 4) is 0 Å². The number of nitrogens with zero attached hydrogens (tertiary/aromatic N) is 1. The maximum Gasteiger partial charge on any atom is 0.245 e. The molecule has 1 unspecified atom stereocenters. The van der Waals surface area contributed by atoms with Crippen molar-refractivity contribution in [2.24, 2.45) is 0 Å². The van der Waals surface area contributed by atoms with E-state index in [-0.39, 0.29) is 16.6 Å². The average Bonchev–Trinajstić information content (AvgIpc) is 2.90. The van der Waals surface area contributed by atoms with Crippen LogP contribution in [0.25, 0.3) is 0 Å². The number of nitrogen functional groups attached to an aromatic ring is 1. The predicted molar refractivity (Wildman–Crippen MR) is 88.3 cm³/mol. The second kappa shape index (κ2) is 6.36. The fraction of sp³-hybridized carbons (Fsp3) is 0.286. The van der Waals surface area contributed by atoms with Gasteiger partial charge in [0.25, 0.3) is 0 Å². The molecule has 2 aromatic rings. The minimum atomic E-state index is -3.63. The van der Waals surface area contributed by atoms with E-state index >= 15 is 0 Å². The molecule has 0 saturated carbocycles. The van der Waals surface area contributed by atoms with E-state index < -0.39 is 10.0 Å². The molecule has 0 aliphatic heterocycles. The van der Waals surface area contributed by atoms with Crippen LogP contribution in [0.15, 0.2) is 40.6 Å². The normalized spacial score (nSPS) is 13.5. The summed E-state index contributed by atoms with van der Waals surface area (Å²) >= 11 is 7.43. The summed E-state index contributed by atoms with van der Waals surface area (Å²) in [6.45, 7) is 1.88. The SMILES string of the molecule is CC(Cc1cccs1)N(C)S(=O)(=O)c1ccc(Cl)cc1N. The molecule has 0 bridgehead atoms. The maximum atomic E-state index is 12.6. The summed E-state index contributed by atoms with van der Waals surface area (Å²) in [4.78, 5) is 1.24. The van der Waals surface area contributed by atoms with Gasteiger partial charge in [0.1, 0.15) is 4.90 Å². The number of nitrogens with two attached hydrogens (primary N) is 1. The van der Waals surface area contributed by atoms with Crippen LogP contribution in [-0.2, 0) is 16.4 Å². The Morgan fingerprint density at radius 1 is 1.38 bits per heavy atom. The molecule has 0 saturated heterocycles. The van der Waals surface area contributed by atoms with Gasteiger partial charge in [0.2, 0.25) is 10.0 Å². The molecule has 1 atom stereocenters. The monoisotopic (exact) mass is 344 g/mol. The van der Waals surface area contributed by atoms with E-state index in [2.05, 4.69) is 0 Å². The van der Waals surface area contributed by atoms with Gasteiger partial charge in [-0.05, 0) is 43.0 Å². The molecule has 0 spiro atoms. The number of hydrogen-bond acceptors (Lipinski definition) is 4. The fourth-order valence-corrected chi connectivity index (χ4v) is 4.46. The third-order valence-corrected chi connectivity index (χ3v) is 6.51. The highest BCUT2D eigenvalue weighted by atomic mass is 35.5. The van der Waals surface area contributed by atoms with Gasteiger partial charge >= 0.3 is 0 Å². The van der Waals surface area contributed by atoms with Crippen molar-refractivity contribution in [1.29, 1.82) is 0 Å². The first-order valence-corrected chi connectivity index (χ1v) is 9.07. The van der Waals surface area contributed by atoms with Crippen molar-refractivity contribution in [2.75, 3.05) is 12.8 Å². The van der Waals surface area contributed by atoms with Crippen molar-refractivity contribution in [3.05, 3.63) is 45.6 Å². The summed E-state index contributed by atoms with van der Waals surface area (Å²) in [7, 11) is -2.06.